The first-order chi connectivity index (χ1) is 7.16. The van der Waals surface area contributed by atoms with Gasteiger partial charge in [-0.2, -0.15) is 0 Å². The Labute approximate surface area is 91.9 Å². The SMILES string of the molecule is Cc1ccc(C)c(N[C@H]2CCC[C@@H]2N)c1. The number of anilines is 1. The van der Waals surface area contributed by atoms with Crippen molar-refractivity contribution < 1.29 is 0 Å². The van der Waals surface area contributed by atoms with Crippen LogP contribution in [0.2, 0.25) is 0 Å². The highest BCUT2D eigenvalue weighted by atomic mass is 15.0. The van der Waals surface area contributed by atoms with Gasteiger partial charge in [0.05, 0.1) is 0 Å². The Morgan fingerprint density at radius 1 is 1.27 bits per heavy atom. The highest BCUT2D eigenvalue weighted by Crippen LogP contribution is 2.24. The Balaban J connectivity index is 2.12. The summed E-state index contributed by atoms with van der Waals surface area (Å²) in [6.45, 7) is 4.27. The molecule has 1 aromatic rings. The average Bonchev–Trinajstić information content (AvgIpc) is 2.58. The summed E-state index contributed by atoms with van der Waals surface area (Å²) >= 11 is 0. The van der Waals surface area contributed by atoms with Crippen LogP contribution in [-0.2, 0) is 0 Å². The van der Waals surface area contributed by atoms with E-state index in [0.29, 0.717) is 12.1 Å². The molecule has 1 aromatic carbocycles. The van der Waals surface area contributed by atoms with Crippen molar-refractivity contribution in [1.29, 1.82) is 0 Å². The normalized spacial score (nSPS) is 25.5. The summed E-state index contributed by atoms with van der Waals surface area (Å²) in [7, 11) is 0. The molecule has 2 atom stereocenters. The Kier molecular flexibility index (Phi) is 2.96. The zero-order chi connectivity index (χ0) is 10.8. The molecule has 0 spiro atoms. The van der Waals surface area contributed by atoms with E-state index in [1.165, 1.54) is 29.7 Å². The number of nitrogens with one attached hydrogen (secondary N) is 1. The molecule has 2 heteroatoms. The largest absolute Gasteiger partial charge is 0.381 e. The molecule has 0 amide bonds. The Morgan fingerprint density at radius 2 is 2.07 bits per heavy atom. The second kappa shape index (κ2) is 4.23. The number of nitrogens with two attached hydrogens (primary N) is 1. The first-order valence-electron chi connectivity index (χ1n) is 5.76. The third-order valence-corrected chi connectivity index (χ3v) is 3.30. The summed E-state index contributed by atoms with van der Waals surface area (Å²) in [5.74, 6) is 0. The van der Waals surface area contributed by atoms with Gasteiger partial charge in [0.25, 0.3) is 0 Å². The van der Waals surface area contributed by atoms with E-state index in [1.807, 2.05) is 0 Å². The molecule has 0 saturated heterocycles. The van der Waals surface area contributed by atoms with Gasteiger partial charge in [0.1, 0.15) is 0 Å². The van der Waals surface area contributed by atoms with Crippen molar-refractivity contribution in [3.8, 4) is 0 Å². The van der Waals surface area contributed by atoms with E-state index >= 15 is 0 Å². The molecule has 0 unspecified atom stereocenters. The van der Waals surface area contributed by atoms with E-state index in [1.54, 1.807) is 0 Å². The maximum Gasteiger partial charge on any atom is 0.0412 e. The van der Waals surface area contributed by atoms with Crippen LogP contribution in [0.5, 0.6) is 0 Å². The fourth-order valence-corrected chi connectivity index (χ4v) is 2.26. The summed E-state index contributed by atoms with van der Waals surface area (Å²) < 4.78 is 0. The maximum absolute atomic E-state index is 6.05. The van der Waals surface area contributed by atoms with Gasteiger partial charge in [-0.1, -0.05) is 12.1 Å². The molecule has 0 aromatic heterocycles. The molecule has 1 aliphatic rings. The van der Waals surface area contributed by atoms with Crippen molar-refractivity contribution in [2.24, 2.45) is 5.73 Å². The lowest BCUT2D eigenvalue weighted by Crippen LogP contribution is -2.35. The first kappa shape index (κ1) is 10.5. The van der Waals surface area contributed by atoms with Crippen LogP contribution in [0, 0.1) is 13.8 Å². The van der Waals surface area contributed by atoms with Gasteiger partial charge in [0.15, 0.2) is 0 Å². The lowest BCUT2D eigenvalue weighted by Gasteiger charge is -2.20. The van der Waals surface area contributed by atoms with E-state index in [2.05, 4.69) is 37.4 Å². The summed E-state index contributed by atoms with van der Waals surface area (Å²) in [5.41, 5.74) is 9.91. The number of hydrogen-bond acceptors (Lipinski definition) is 2. The van der Waals surface area contributed by atoms with E-state index in [4.69, 9.17) is 5.73 Å². The molecule has 1 aliphatic carbocycles. The highest BCUT2D eigenvalue weighted by molar-refractivity contribution is 5.53. The van der Waals surface area contributed by atoms with E-state index in [0.717, 1.165) is 6.42 Å². The molecule has 15 heavy (non-hydrogen) atoms. The summed E-state index contributed by atoms with van der Waals surface area (Å²) in [4.78, 5) is 0. The zero-order valence-corrected chi connectivity index (χ0v) is 9.59. The van der Waals surface area contributed by atoms with Crippen molar-refractivity contribution in [1.82, 2.24) is 0 Å². The standard InChI is InChI=1S/C13H20N2/c1-9-6-7-10(2)13(8-9)15-12-5-3-4-11(12)14/h6-8,11-12,15H,3-5,14H2,1-2H3/t11-,12-/m0/s1. The fourth-order valence-electron chi connectivity index (χ4n) is 2.26. The van der Waals surface area contributed by atoms with Crippen molar-refractivity contribution in [3.63, 3.8) is 0 Å². The molecule has 0 heterocycles. The van der Waals surface area contributed by atoms with Crippen molar-refractivity contribution >= 4 is 5.69 Å². The van der Waals surface area contributed by atoms with Gasteiger partial charge in [0.2, 0.25) is 0 Å². The smallest absolute Gasteiger partial charge is 0.0412 e. The van der Waals surface area contributed by atoms with Crippen molar-refractivity contribution in [2.75, 3.05) is 5.32 Å². The minimum Gasteiger partial charge on any atom is -0.381 e. The molecule has 82 valence electrons. The van der Waals surface area contributed by atoms with Crippen LogP contribution in [0.1, 0.15) is 30.4 Å². The van der Waals surface area contributed by atoms with E-state index in [9.17, 15) is 0 Å². The number of benzene rings is 1. The third-order valence-electron chi connectivity index (χ3n) is 3.30. The van der Waals surface area contributed by atoms with Gasteiger partial charge >= 0.3 is 0 Å². The quantitative estimate of drug-likeness (QED) is 0.777. The van der Waals surface area contributed by atoms with Gasteiger partial charge in [0, 0.05) is 17.8 Å². The van der Waals surface area contributed by atoms with E-state index in [-0.39, 0.29) is 0 Å². The molecule has 0 bridgehead atoms. The van der Waals surface area contributed by atoms with Crippen LogP contribution in [0.15, 0.2) is 18.2 Å². The Hall–Kier alpha value is -1.02. The lowest BCUT2D eigenvalue weighted by atomic mass is 10.1. The minimum atomic E-state index is 0.324. The zero-order valence-electron chi connectivity index (χ0n) is 9.59. The van der Waals surface area contributed by atoms with Crippen LogP contribution in [0.25, 0.3) is 0 Å². The fraction of sp³-hybridized carbons (Fsp3) is 0.538. The van der Waals surface area contributed by atoms with Gasteiger partial charge in [-0.25, -0.2) is 0 Å². The minimum absolute atomic E-state index is 0.324. The number of hydrogen-bond donors (Lipinski definition) is 2. The van der Waals surface area contributed by atoms with E-state index < -0.39 is 0 Å². The number of aryl methyl sites for hydroxylation is 2. The molecule has 0 aliphatic heterocycles. The van der Waals surface area contributed by atoms with Crippen LogP contribution in [0.4, 0.5) is 5.69 Å². The summed E-state index contributed by atoms with van der Waals surface area (Å²) in [6, 6.07) is 7.31. The van der Waals surface area contributed by atoms with Crippen molar-refractivity contribution in [3.05, 3.63) is 29.3 Å². The monoisotopic (exact) mass is 204 g/mol. The van der Waals surface area contributed by atoms with Crippen LogP contribution < -0.4 is 11.1 Å². The predicted molar refractivity (Wildman–Crippen MR) is 65.2 cm³/mol. The van der Waals surface area contributed by atoms with Crippen LogP contribution in [0.3, 0.4) is 0 Å². The molecular weight excluding hydrogens is 184 g/mol. The molecule has 0 radical (unpaired) electrons. The Morgan fingerprint density at radius 3 is 2.73 bits per heavy atom. The Bertz CT molecular complexity index is 346. The van der Waals surface area contributed by atoms with Crippen LogP contribution in [-0.4, -0.2) is 12.1 Å². The van der Waals surface area contributed by atoms with Crippen molar-refractivity contribution in [2.45, 2.75) is 45.2 Å². The molecular formula is C13H20N2. The molecule has 1 fully saturated rings. The van der Waals surface area contributed by atoms with Gasteiger partial charge in [-0.3, -0.25) is 0 Å². The molecule has 2 rings (SSSR count). The topological polar surface area (TPSA) is 38.0 Å². The molecule has 3 N–H and O–H groups in total. The van der Waals surface area contributed by atoms with Crippen LogP contribution >= 0.6 is 0 Å². The second-order valence-corrected chi connectivity index (χ2v) is 4.66. The van der Waals surface area contributed by atoms with Gasteiger partial charge < -0.3 is 11.1 Å². The predicted octanol–water partition coefficient (Wildman–Crippen LogP) is 2.60. The van der Waals surface area contributed by atoms with Gasteiger partial charge in [-0.15, -0.1) is 0 Å². The summed E-state index contributed by atoms with van der Waals surface area (Å²) in [5, 5.41) is 3.57. The maximum atomic E-state index is 6.05. The average molecular weight is 204 g/mol. The number of rotatable bonds is 2. The third kappa shape index (κ3) is 2.32. The first-order valence-corrected chi connectivity index (χ1v) is 5.76. The van der Waals surface area contributed by atoms with Gasteiger partial charge in [-0.05, 0) is 50.3 Å². The summed E-state index contributed by atoms with van der Waals surface area (Å²) in [6.07, 6.45) is 3.61. The second-order valence-electron chi connectivity index (χ2n) is 4.66. The molecule has 1 saturated carbocycles. The highest BCUT2D eigenvalue weighted by Gasteiger charge is 2.23. The molecule has 2 nitrogen and oxygen atoms in total. The lowest BCUT2D eigenvalue weighted by molar-refractivity contribution is 0.637.